The Labute approximate surface area is 241 Å². The molecule has 0 radical (unpaired) electrons. The third-order valence-electron chi connectivity index (χ3n) is 8.72. The third kappa shape index (κ3) is 6.28. The molecule has 2 amide bonds. The second kappa shape index (κ2) is 11.9. The van der Waals surface area contributed by atoms with E-state index in [0.717, 1.165) is 11.1 Å². The lowest BCUT2D eigenvalue weighted by molar-refractivity contribution is -0.183. The Morgan fingerprint density at radius 2 is 1.45 bits per heavy atom. The summed E-state index contributed by atoms with van der Waals surface area (Å²) < 4.78 is 52.4. The number of carbonyl (C=O) groups excluding carboxylic acids is 2. The van der Waals surface area contributed by atoms with Crippen molar-refractivity contribution in [3.63, 3.8) is 0 Å². The van der Waals surface area contributed by atoms with Crippen LogP contribution in [0.4, 0.5) is 17.6 Å². The number of halogens is 6. The quantitative estimate of drug-likeness (QED) is 0.330. The maximum Gasteiger partial charge on any atom is 0.391 e. The number of benzene rings is 2. The number of piperidine rings is 1. The second-order valence-corrected chi connectivity index (χ2v) is 12.0. The van der Waals surface area contributed by atoms with Crippen molar-refractivity contribution in [2.75, 3.05) is 19.6 Å². The lowest BCUT2D eigenvalue weighted by Crippen LogP contribution is -2.42. The van der Waals surface area contributed by atoms with Gasteiger partial charge in [-0.2, -0.15) is 13.2 Å². The van der Waals surface area contributed by atoms with Gasteiger partial charge in [0.2, 0.25) is 5.91 Å². The Morgan fingerprint density at radius 1 is 0.850 bits per heavy atom. The van der Waals surface area contributed by atoms with Gasteiger partial charge in [-0.25, -0.2) is 4.39 Å². The van der Waals surface area contributed by atoms with Gasteiger partial charge >= 0.3 is 6.18 Å². The Bertz CT molecular complexity index is 1210. The van der Waals surface area contributed by atoms with Crippen LogP contribution in [-0.4, -0.2) is 59.6 Å². The molecular weight excluding hydrogens is 567 g/mol. The lowest BCUT2D eigenvalue weighted by atomic mass is 9.92. The molecule has 2 heterocycles. The van der Waals surface area contributed by atoms with Crippen molar-refractivity contribution < 1.29 is 27.2 Å². The van der Waals surface area contributed by atoms with E-state index in [2.05, 4.69) is 0 Å². The molecule has 40 heavy (non-hydrogen) atoms. The summed E-state index contributed by atoms with van der Waals surface area (Å²) in [6, 6.07) is 10.5. The van der Waals surface area contributed by atoms with Crippen LogP contribution in [0.1, 0.15) is 60.9 Å². The minimum atomic E-state index is -4.22. The Hall–Kier alpha value is -2.32. The van der Waals surface area contributed by atoms with E-state index in [1.54, 1.807) is 36.4 Å². The van der Waals surface area contributed by atoms with Crippen LogP contribution in [0.5, 0.6) is 0 Å². The average Bonchev–Trinajstić information content (AvgIpc) is 3.30. The van der Waals surface area contributed by atoms with Crippen LogP contribution in [0.15, 0.2) is 36.4 Å². The van der Waals surface area contributed by atoms with E-state index in [1.807, 2.05) is 4.90 Å². The summed E-state index contributed by atoms with van der Waals surface area (Å²) in [7, 11) is 0. The van der Waals surface area contributed by atoms with Gasteiger partial charge in [0.05, 0.1) is 5.92 Å². The first-order chi connectivity index (χ1) is 19.0. The van der Waals surface area contributed by atoms with Crippen molar-refractivity contribution in [2.45, 2.75) is 69.8 Å². The molecule has 2 aromatic rings. The zero-order chi connectivity index (χ0) is 28.6. The Morgan fingerprint density at radius 3 is 2.02 bits per heavy atom. The first-order valence-corrected chi connectivity index (χ1v) is 14.7. The number of hydrogen-bond donors (Lipinski definition) is 0. The van der Waals surface area contributed by atoms with Gasteiger partial charge < -0.3 is 9.80 Å². The van der Waals surface area contributed by atoms with Crippen LogP contribution in [-0.2, 0) is 11.2 Å². The van der Waals surface area contributed by atoms with E-state index >= 15 is 0 Å². The average molecular weight is 599 g/mol. The molecule has 1 unspecified atom stereocenters. The first-order valence-electron chi connectivity index (χ1n) is 13.9. The largest absolute Gasteiger partial charge is 0.391 e. The number of rotatable bonds is 5. The van der Waals surface area contributed by atoms with Gasteiger partial charge in [-0.3, -0.25) is 9.59 Å². The molecule has 3 fully saturated rings. The molecule has 2 saturated heterocycles. The van der Waals surface area contributed by atoms with Gasteiger partial charge in [-0.1, -0.05) is 35.3 Å². The summed E-state index contributed by atoms with van der Waals surface area (Å²) in [6.45, 7) is 0.832. The molecule has 2 aliphatic heterocycles. The van der Waals surface area contributed by atoms with Gasteiger partial charge in [0.15, 0.2) is 0 Å². The SMILES string of the molecule is O=C(c1ccc(-c2cc(Cl)c(CC3CCN(C4CCC(F)CC4)C3=O)c(Cl)c2)cc1)N1CCC(C(F)(F)F)CC1. The van der Waals surface area contributed by atoms with Crippen LogP contribution in [0.25, 0.3) is 11.1 Å². The van der Waals surface area contributed by atoms with Gasteiger partial charge in [0.25, 0.3) is 5.91 Å². The highest BCUT2D eigenvalue weighted by Gasteiger charge is 2.42. The number of carbonyl (C=O) groups is 2. The number of likely N-dealkylation sites (tertiary alicyclic amines) is 2. The Kier molecular flexibility index (Phi) is 8.67. The monoisotopic (exact) mass is 598 g/mol. The fourth-order valence-corrected chi connectivity index (χ4v) is 6.91. The summed E-state index contributed by atoms with van der Waals surface area (Å²) in [4.78, 5) is 29.3. The molecule has 0 aromatic heterocycles. The Balaban J connectivity index is 1.22. The van der Waals surface area contributed by atoms with E-state index in [0.29, 0.717) is 66.2 Å². The summed E-state index contributed by atoms with van der Waals surface area (Å²) in [6.07, 6.45) is -1.57. The van der Waals surface area contributed by atoms with Gasteiger partial charge in [0, 0.05) is 47.2 Å². The van der Waals surface area contributed by atoms with Gasteiger partial charge in [-0.15, -0.1) is 0 Å². The van der Waals surface area contributed by atoms with Gasteiger partial charge in [-0.05, 0) is 92.3 Å². The third-order valence-corrected chi connectivity index (χ3v) is 9.39. The molecule has 1 aliphatic carbocycles. The second-order valence-electron chi connectivity index (χ2n) is 11.2. The molecule has 0 spiro atoms. The molecule has 216 valence electrons. The van der Waals surface area contributed by atoms with E-state index < -0.39 is 18.3 Å². The molecule has 10 heteroatoms. The smallest absolute Gasteiger partial charge is 0.339 e. The minimum absolute atomic E-state index is 0.0808. The van der Waals surface area contributed by atoms with Crippen molar-refractivity contribution in [3.05, 3.63) is 57.6 Å². The summed E-state index contributed by atoms with van der Waals surface area (Å²) in [5.41, 5.74) is 2.67. The summed E-state index contributed by atoms with van der Waals surface area (Å²) in [5.74, 6) is -1.77. The normalized spacial score (nSPS) is 24.6. The molecule has 4 nitrogen and oxygen atoms in total. The molecular formula is C30H32Cl2F4N2O2. The van der Waals surface area contributed by atoms with Crippen molar-refractivity contribution in [1.82, 2.24) is 9.80 Å². The van der Waals surface area contributed by atoms with Crippen molar-refractivity contribution >= 4 is 35.0 Å². The first kappa shape index (κ1) is 29.2. The number of hydrogen-bond acceptors (Lipinski definition) is 2. The topological polar surface area (TPSA) is 40.6 Å². The highest BCUT2D eigenvalue weighted by molar-refractivity contribution is 6.36. The lowest BCUT2D eigenvalue weighted by Gasteiger charge is -2.33. The summed E-state index contributed by atoms with van der Waals surface area (Å²) in [5, 5.41) is 0.916. The number of nitrogens with zero attached hydrogens (tertiary/aromatic N) is 2. The molecule has 1 saturated carbocycles. The van der Waals surface area contributed by atoms with Crippen molar-refractivity contribution in [2.24, 2.45) is 11.8 Å². The highest BCUT2D eigenvalue weighted by atomic mass is 35.5. The zero-order valence-electron chi connectivity index (χ0n) is 22.0. The molecule has 2 aromatic carbocycles. The van der Waals surface area contributed by atoms with Crippen molar-refractivity contribution in [3.8, 4) is 11.1 Å². The van der Waals surface area contributed by atoms with Crippen LogP contribution >= 0.6 is 23.2 Å². The molecule has 0 N–H and O–H groups in total. The maximum atomic E-state index is 13.5. The van der Waals surface area contributed by atoms with E-state index in [9.17, 15) is 27.2 Å². The molecule has 0 bridgehead atoms. The fourth-order valence-electron chi connectivity index (χ4n) is 6.27. The van der Waals surface area contributed by atoms with E-state index in [-0.39, 0.29) is 49.7 Å². The van der Waals surface area contributed by atoms with Crippen LogP contribution in [0.2, 0.25) is 10.0 Å². The minimum Gasteiger partial charge on any atom is -0.339 e. The van der Waals surface area contributed by atoms with E-state index in [1.165, 1.54) is 4.90 Å². The predicted molar refractivity (Wildman–Crippen MR) is 147 cm³/mol. The number of amides is 2. The molecule has 1 atom stereocenters. The fraction of sp³-hybridized carbons (Fsp3) is 0.533. The van der Waals surface area contributed by atoms with E-state index in [4.69, 9.17) is 23.2 Å². The van der Waals surface area contributed by atoms with Gasteiger partial charge in [0.1, 0.15) is 6.17 Å². The highest BCUT2D eigenvalue weighted by Crippen LogP contribution is 2.38. The van der Waals surface area contributed by atoms with Crippen molar-refractivity contribution in [1.29, 1.82) is 0 Å². The maximum absolute atomic E-state index is 13.5. The molecule has 3 aliphatic rings. The van der Waals surface area contributed by atoms with Crippen LogP contribution in [0.3, 0.4) is 0 Å². The zero-order valence-corrected chi connectivity index (χ0v) is 23.5. The predicted octanol–water partition coefficient (Wildman–Crippen LogP) is 7.75. The molecule has 5 rings (SSSR count). The summed E-state index contributed by atoms with van der Waals surface area (Å²) >= 11 is 13.3. The van der Waals surface area contributed by atoms with Crippen LogP contribution in [0, 0.1) is 11.8 Å². The van der Waals surface area contributed by atoms with Crippen LogP contribution < -0.4 is 0 Å². The standard InChI is InChI=1S/C30H32Cl2F4N2O2/c31-26-16-21(18-1-3-19(4-2-18)28(39)37-12-10-22(11-13-37)30(34,35)36)17-27(32)25(26)15-20-9-14-38(29(20)40)24-7-5-23(33)6-8-24/h1-4,16-17,20,22-24H,5-15H2. The number of alkyl halides is 4.